The molecule has 20 heavy (non-hydrogen) atoms. The highest BCUT2D eigenvalue weighted by Gasteiger charge is 2.16. The van der Waals surface area contributed by atoms with Crippen LogP contribution in [0.5, 0.6) is 5.75 Å². The van der Waals surface area contributed by atoms with Gasteiger partial charge in [-0.25, -0.2) is 0 Å². The Bertz CT molecular complexity index is 406. The van der Waals surface area contributed by atoms with Crippen LogP contribution in [0.15, 0.2) is 18.2 Å². The van der Waals surface area contributed by atoms with E-state index < -0.39 is 0 Å². The molecule has 0 aliphatic rings. The summed E-state index contributed by atoms with van der Waals surface area (Å²) in [5, 5.41) is 3.59. The predicted octanol–water partition coefficient (Wildman–Crippen LogP) is 4.31. The van der Waals surface area contributed by atoms with Crippen LogP contribution in [0, 0.1) is 0 Å². The fraction of sp³-hybridized carbons (Fsp3) is 0.667. The summed E-state index contributed by atoms with van der Waals surface area (Å²) in [6, 6.07) is 7.06. The van der Waals surface area contributed by atoms with E-state index in [1.165, 1.54) is 24.0 Å². The summed E-state index contributed by atoms with van der Waals surface area (Å²) in [5.41, 5.74) is 2.85. The van der Waals surface area contributed by atoms with Crippen molar-refractivity contribution in [1.82, 2.24) is 5.32 Å². The molecule has 114 valence electrons. The zero-order chi connectivity index (χ0) is 15.2. The molecule has 0 aliphatic heterocycles. The maximum absolute atomic E-state index is 5.51. The van der Waals surface area contributed by atoms with E-state index in [1.54, 1.807) is 7.11 Å². The molecule has 0 fully saturated rings. The second-order valence-corrected chi connectivity index (χ2v) is 6.69. The fourth-order valence-electron chi connectivity index (χ4n) is 2.33. The van der Waals surface area contributed by atoms with Crippen LogP contribution in [0.2, 0.25) is 0 Å². The van der Waals surface area contributed by atoms with Gasteiger partial charge in [0, 0.05) is 6.04 Å². The van der Waals surface area contributed by atoms with Gasteiger partial charge in [-0.2, -0.15) is 0 Å². The van der Waals surface area contributed by atoms with Gasteiger partial charge in [0.15, 0.2) is 0 Å². The van der Waals surface area contributed by atoms with Gasteiger partial charge in [0.25, 0.3) is 0 Å². The molecule has 0 spiro atoms. The number of methoxy groups -OCH3 is 1. The van der Waals surface area contributed by atoms with E-state index in [0.717, 1.165) is 18.7 Å². The average Bonchev–Trinajstić information content (AvgIpc) is 2.38. The van der Waals surface area contributed by atoms with Gasteiger partial charge in [-0.05, 0) is 48.9 Å². The molecule has 2 heteroatoms. The number of ether oxygens (including phenoxy) is 1. The molecular formula is C18H31NO. The number of hydrogen-bond acceptors (Lipinski definition) is 2. The van der Waals surface area contributed by atoms with Crippen LogP contribution in [-0.2, 0) is 11.8 Å². The van der Waals surface area contributed by atoms with Gasteiger partial charge < -0.3 is 10.1 Å². The molecule has 0 heterocycles. The van der Waals surface area contributed by atoms with E-state index >= 15 is 0 Å². The standard InChI is InChI=1S/C18H31NO/c1-7-8-11-19-14(2)12-15-13-16(18(3,4)5)9-10-17(15)20-6/h9-10,13-14,19H,7-8,11-12H2,1-6H3. The quantitative estimate of drug-likeness (QED) is 0.750. The summed E-state index contributed by atoms with van der Waals surface area (Å²) < 4.78 is 5.51. The third kappa shape index (κ3) is 5.16. The van der Waals surface area contributed by atoms with Gasteiger partial charge in [0.05, 0.1) is 7.11 Å². The molecule has 0 saturated carbocycles. The largest absolute Gasteiger partial charge is 0.496 e. The molecule has 1 rings (SSSR count). The Morgan fingerprint density at radius 1 is 1.25 bits per heavy atom. The van der Waals surface area contributed by atoms with Gasteiger partial charge in [0.1, 0.15) is 5.75 Å². The first-order chi connectivity index (χ1) is 9.38. The monoisotopic (exact) mass is 277 g/mol. The normalized spacial score (nSPS) is 13.3. The van der Waals surface area contributed by atoms with Crippen molar-refractivity contribution in [2.75, 3.05) is 13.7 Å². The lowest BCUT2D eigenvalue weighted by molar-refractivity contribution is 0.405. The summed E-state index contributed by atoms with van der Waals surface area (Å²) in [6.45, 7) is 12.3. The number of nitrogens with one attached hydrogen (secondary N) is 1. The Kier molecular flexibility index (Phi) is 6.54. The van der Waals surface area contributed by atoms with E-state index in [0.29, 0.717) is 6.04 Å². The summed E-state index contributed by atoms with van der Waals surface area (Å²) >= 11 is 0. The molecule has 2 nitrogen and oxygen atoms in total. The molecular weight excluding hydrogens is 246 g/mol. The lowest BCUT2D eigenvalue weighted by Gasteiger charge is -2.22. The number of unbranched alkanes of at least 4 members (excludes halogenated alkanes) is 1. The topological polar surface area (TPSA) is 21.3 Å². The smallest absolute Gasteiger partial charge is 0.122 e. The molecule has 0 radical (unpaired) electrons. The van der Waals surface area contributed by atoms with Crippen molar-refractivity contribution in [3.05, 3.63) is 29.3 Å². The summed E-state index contributed by atoms with van der Waals surface area (Å²) in [4.78, 5) is 0. The van der Waals surface area contributed by atoms with E-state index in [-0.39, 0.29) is 5.41 Å². The molecule has 0 bridgehead atoms. The second-order valence-electron chi connectivity index (χ2n) is 6.69. The van der Waals surface area contributed by atoms with E-state index in [4.69, 9.17) is 4.74 Å². The van der Waals surface area contributed by atoms with Gasteiger partial charge in [-0.3, -0.25) is 0 Å². The third-order valence-corrected chi connectivity index (χ3v) is 3.70. The van der Waals surface area contributed by atoms with Crippen LogP contribution in [-0.4, -0.2) is 19.7 Å². The highest BCUT2D eigenvalue weighted by Crippen LogP contribution is 2.28. The van der Waals surface area contributed by atoms with Crippen LogP contribution < -0.4 is 10.1 Å². The van der Waals surface area contributed by atoms with Crippen molar-refractivity contribution in [2.24, 2.45) is 0 Å². The Labute approximate surface area is 124 Å². The number of benzene rings is 1. The van der Waals surface area contributed by atoms with Crippen LogP contribution in [0.3, 0.4) is 0 Å². The minimum atomic E-state index is 0.180. The summed E-state index contributed by atoms with van der Waals surface area (Å²) in [7, 11) is 1.75. The van der Waals surface area contributed by atoms with Crippen LogP contribution in [0.4, 0.5) is 0 Å². The number of hydrogen-bond donors (Lipinski definition) is 1. The molecule has 0 saturated heterocycles. The predicted molar refractivity (Wildman–Crippen MR) is 87.8 cm³/mol. The molecule has 1 unspecified atom stereocenters. The first-order valence-electron chi connectivity index (χ1n) is 7.79. The molecule has 1 aromatic rings. The zero-order valence-corrected chi connectivity index (χ0v) is 14.0. The number of rotatable bonds is 7. The average molecular weight is 277 g/mol. The second kappa shape index (κ2) is 7.68. The van der Waals surface area contributed by atoms with Crippen molar-refractivity contribution < 1.29 is 4.74 Å². The fourth-order valence-corrected chi connectivity index (χ4v) is 2.33. The molecule has 0 aromatic heterocycles. The maximum atomic E-state index is 5.51. The SMILES string of the molecule is CCCCNC(C)Cc1cc(C(C)(C)C)ccc1OC. The molecule has 1 aromatic carbocycles. The van der Waals surface area contributed by atoms with Crippen molar-refractivity contribution in [2.45, 2.75) is 65.3 Å². The molecule has 0 aliphatic carbocycles. The molecule has 0 amide bonds. The summed E-state index contributed by atoms with van der Waals surface area (Å²) in [6.07, 6.45) is 3.49. The van der Waals surface area contributed by atoms with E-state index in [9.17, 15) is 0 Å². The van der Waals surface area contributed by atoms with Crippen LogP contribution in [0.25, 0.3) is 0 Å². The van der Waals surface area contributed by atoms with E-state index in [1.807, 2.05) is 0 Å². The Morgan fingerprint density at radius 3 is 2.50 bits per heavy atom. The lowest BCUT2D eigenvalue weighted by atomic mass is 9.85. The van der Waals surface area contributed by atoms with Crippen molar-refractivity contribution >= 4 is 0 Å². The Hall–Kier alpha value is -1.02. The Balaban J connectivity index is 2.80. The highest BCUT2D eigenvalue weighted by molar-refractivity contribution is 5.40. The minimum Gasteiger partial charge on any atom is -0.496 e. The lowest BCUT2D eigenvalue weighted by Crippen LogP contribution is -2.29. The van der Waals surface area contributed by atoms with Crippen molar-refractivity contribution in [3.8, 4) is 5.75 Å². The maximum Gasteiger partial charge on any atom is 0.122 e. The van der Waals surface area contributed by atoms with Gasteiger partial charge in [0.2, 0.25) is 0 Å². The zero-order valence-electron chi connectivity index (χ0n) is 14.0. The van der Waals surface area contributed by atoms with E-state index in [2.05, 4.69) is 58.1 Å². The van der Waals surface area contributed by atoms with Gasteiger partial charge in [-0.15, -0.1) is 0 Å². The highest BCUT2D eigenvalue weighted by atomic mass is 16.5. The first-order valence-corrected chi connectivity index (χ1v) is 7.79. The molecule has 1 N–H and O–H groups in total. The van der Waals surface area contributed by atoms with Gasteiger partial charge >= 0.3 is 0 Å². The van der Waals surface area contributed by atoms with Gasteiger partial charge in [-0.1, -0.05) is 46.2 Å². The molecule has 1 atom stereocenters. The van der Waals surface area contributed by atoms with Crippen molar-refractivity contribution in [1.29, 1.82) is 0 Å². The minimum absolute atomic E-state index is 0.180. The first kappa shape index (κ1) is 17.0. The van der Waals surface area contributed by atoms with Crippen LogP contribution >= 0.6 is 0 Å². The summed E-state index contributed by atoms with van der Waals surface area (Å²) in [5.74, 6) is 1.00. The van der Waals surface area contributed by atoms with Crippen LogP contribution in [0.1, 0.15) is 58.6 Å². The third-order valence-electron chi connectivity index (χ3n) is 3.70. The Morgan fingerprint density at radius 2 is 1.95 bits per heavy atom. The van der Waals surface area contributed by atoms with Crippen molar-refractivity contribution in [3.63, 3.8) is 0 Å².